The number of carbonyl (C=O) groups excluding carboxylic acids is 3. The van der Waals surface area contributed by atoms with Gasteiger partial charge in [-0.05, 0) is 6.42 Å². The molecule has 0 spiro atoms. The zero-order valence-electron chi connectivity index (χ0n) is 20.8. The van der Waals surface area contributed by atoms with Crippen molar-refractivity contribution in [1.29, 1.82) is 0 Å². The summed E-state index contributed by atoms with van der Waals surface area (Å²) in [5, 5.41) is 16.4. The van der Waals surface area contributed by atoms with Gasteiger partial charge in [0, 0.05) is 19.6 Å². The lowest BCUT2D eigenvalue weighted by atomic mass is 10.3. The molecule has 0 aliphatic rings. The lowest BCUT2D eigenvalue weighted by Gasteiger charge is -2.09. The molecule has 0 aliphatic heterocycles. The van der Waals surface area contributed by atoms with Gasteiger partial charge in [-0.15, -0.1) is 0 Å². The van der Waals surface area contributed by atoms with E-state index in [0.29, 0.717) is 85.7 Å². The fourth-order valence-corrected chi connectivity index (χ4v) is 2.31. The molecule has 0 radical (unpaired) electrons. The molecule has 0 bridgehead atoms. The second kappa shape index (κ2) is 26.7. The van der Waals surface area contributed by atoms with Gasteiger partial charge in [-0.1, -0.05) is 13.3 Å². The number of carbonyl (C=O) groups is 3. The molecule has 4 N–H and O–H groups in total. The average Bonchev–Trinajstić information content (AvgIpc) is 2.85. The SMILES string of the molecule is CCCCNC(=O)COCC(=O)NCCOCCOCCOCCOCCOCCNC(=O)CO. The van der Waals surface area contributed by atoms with Gasteiger partial charge in [0.1, 0.15) is 19.8 Å². The highest BCUT2D eigenvalue weighted by Gasteiger charge is 2.04. The van der Waals surface area contributed by atoms with Crippen LogP contribution in [0.25, 0.3) is 0 Å². The molecule has 0 atom stereocenters. The van der Waals surface area contributed by atoms with Gasteiger partial charge in [0.15, 0.2) is 0 Å². The number of aliphatic hydroxyl groups is 1. The highest BCUT2D eigenvalue weighted by molar-refractivity contribution is 5.79. The Morgan fingerprint density at radius 3 is 1.31 bits per heavy atom. The predicted octanol–water partition coefficient (Wildman–Crippen LogP) is -1.77. The average molecular weight is 510 g/mol. The third-order valence-electron chi connectivity index (χ3n) is 4.09. The van der Waals surface area contributed by atoms with E-state index in [2.05, 4.69) is 16.0 Å². The van der Waals surface area contributed by atoms with Crippen molar-refractivity contribution < 1.29 is 47.9 Å². The van der Waals surface area contributed by atoms with Crippen molar-refractivity contribution in [1.82, 2.24) is 16.0 Å². The molecule has 0 aromatic heterocycles. The third kappa shape index (κ3) is 26.6. The van der Waals surface area contributed by atoms with E-state index in [0.717, 1.165) is 12.8 Å². The van der Waals surface area contributed by atoms with Gasteiger partial charge in [-0.25, -0.2) is 0 Å². The van der Waals surface area contributed by atoms with Crippen molar-refractivity contribution in [2.24, 2.45) is 0 Å². The summed E-state index contributed by atoms with van der Waals surface area (Å²) in [4.78, 5) is 33.8. The number of ether oxygens (including phenoxy) is 6. The second-order valence-corrected chi connectivity index (χ2v) is 7.12. The Morgan fingerprint density at radius 1 is 0.543 bits per heavy atom. The first-order chi connectivity index (χ1) is 17.1. The van der Waals surface area contributed by atoms with Gasteiger partial charge in [-0.2, -0.15) is 0 Å². The van der Waals surface area contributed by atoms with Crippen LogP contribution < -0.4 is 16.0 Å². The fourth-order valence-electron chi connectivity index (χ4n) is 2.31. The van der Waals surface area contributed by atoms with E-state index in [-0.39, 0.29) is 25.0 Å². The molecule has 206 valence electrons. The van der Waals surface area contributed by atoms with Crippen LogP contribution in [0.2, 0.25) is 0 Å². The summed E-state index contributed by atoms with van der Waals surface area (Å²) in [6.07, 6.45) is 1.91. The van der Waals surface area contributed by atoms with Crippen molar-refractivity contribution in [3.63, 3.8) is 0 Å². The second-order valence-electron chi connectivity index (χ2n) is 7.12. The maximum Gasteiger partial charge on any atom is 0.246 e. The maximum absolute atomic E-state index is 11.6. The molecule has 0 unspecified atom stereocenters. The van der Waals surface area contributed by atoms with E-state index in [9.17, 15) is 14.4 Å². The first-order valence-corrected chi connectivity index (χ1v) is 12.0. The summed E-state index contributed by atoms with van der Waals surface area (Å²) in [6.45, 7) is 6.64. The monoisotopic (exact) mass is 509 g/mol. The van der Waals surface area contributed by atoms with E-state index in [1.54, 1.807) is 0 Å². The molecule has 13 heteroatoms. The highest BCUT2D eigenvalue weighted by Crippen LogP contribution is 1.85. The smallest absolute Gasteiger partial charge is 0.246 e. The zero-order valence-corrected chi connectivity index (χ0v) is 20.8. The number of hydrogen-bond acceptors (Lipinski definition) is 10. The van der Waals surface area contributed by atoms with Crippen LogP contribution in [-0.2, 0) is 42.8 Å². The van der Waals surface area contributed by atoms with Gasteiger partial charge in [0.2, 0.25) is 17.7 Å². The normalized spacial score (nSPS) is 10.8. The molecule has 0 saturated heterocycles. The van der Waals surface area contributed by atoms with Crippen molar-refractivity contribution in [2.75, 3.05) is 106 Å². The van der Waals surface area contributed by atoms with E-state index in [1.165, 1.54) is 0 Å². The van der Waals surface area contributed by atoms with E-state index < -0.39 is 12.5 Å². The van der Waals surface area contributed by atoms with Crippen LogP contribution >= 0.6 is 0 Å². The van der Waals surface area contributed by atoms with Crippen LogP contribution in [0.5, 0.6) is 0 Å². The van der Waals surface area contributed by atoms with Crippen molar-refractivity contribution in [3.8, 4) is 0 Å². The molecule has 13 nitrogen and oxygen atoms in total. The van der Waals surface area contributed by atoms with Gasteiger partial charge < -0.3 is 49.5 Å². The number of amides is 3. The van der Waals surface area contributed by atoms with Crippen LogP contribution in [0, 0.1) is 0 Å². The quantitative estimate of drug-likeness (QED) is 0.0981. The Morgan fingerprint density at radius 2 is 0.914 bits per heavy atom. The minimum absolute atomic E-state index is 0.132. The number of rotatable bonds is 26. The Labute approximate surface area is 207 Å². The number of nitrogens with one attached hydrogen (secondary N) is 3. The fraction of sp³-hybridized carbons (Fsp3) is 0.864. The standard InChI is InChI=1S/C22H43N3O10/c1-2-3-4-23-21(28)18-35-19-22(29)25-6-8-31-10-12-33-14-16-34-15-13-32-11-9-30-7-5-24-20(27)17-26/h26H,2-19H2,1H3,(H,23,28)(H,24,27)(H,25,29). The molecule has 0 rings (SSSR count). The van der Waals surface area contributed by atoms with Crippen molar-refractivity contribution >= 4 is 17.7 Å². The molecule has 0 aromatic rings. The van der Waals surface area contributed by atoms with E-state index >= 15 is 0 Å². The summed E-state index contributed by atoms with van der Waals surface area (Å²) in [5.74, 6) is -0.955. The van der Waals surface area contributed by atoms with Crippen LogP contribution in [0.4, 0.5) is 0 Å². The number of hydrogen-bond donors (Lipinski definition) is 4. The first-order valence-electron chi connectivity index (χ1n) is 12.0. The van der Waals surface area contributed by atoms with Gasteiger partial charge in [0.05, 0.1) is 66.1 Å². The first kappa shape index (κ1) is 33.1. The lowest BCUT2D eigenvalue weighted by molar-refractivity contribution is -0.131. The van der Waals surface area contributed by atoms with Gasteiger partial charge >= 0.3 is 0 Å². The molecule has 0 saturated carbocycles. The Bertz CT molecular complexity index is 526. The summed E-state index contributed by atoms with van der Waals surface area (Å²) in [5.41, 5.74) is 0. The van der Waals surface area contributed by atoms with Crippen LogP contribution in [-0.4, -0.2) is 128 Å². The minimum Gasteiger partial charge on any atom is -0.387 e. The van der Waals surface area contributed by atoms with E-state index in [1.807, 2.05) is 6.92 Å². The van der Waals surface area contributed by atoms with Crippen LogP contribution in [0.1, 0.15) is 19.8 Å². The third-order valence-corrected chi connectivity index (χ3v) is 4.09. The van der Waals surface area contributed by atoms with Crippen LogP contribution in [0.3, 0.4) is 0 Å². The number of unbranched alkanes of at least 4 members (excludes halogenated alkanes) is 1. The summed E-state index contributed by atoms with van der Waals surface area (Å²) >= 11 is 0. The van der Waals surface area contributed by atoms with Crippen LogP contribution in [0.15, 0.2) is 0 Å². The van der Waals surface area contributed by atoms with Gasteiger partial charge in [0.25, 0.3) is 0 Å². The lowest BCUT2D eigenvalue weighted by Crippen LogP contribution is -2.33. The molecular weight excluding hydrogens is 466 g/mol. The largest absolute Gasteiger partial charge is 0.387 e. The van der Waals surface area contributed by atoms with E-state index in [4.69, 9.17) is 33.5 Å². The molecular formula is C22H43N3O10. The zero-order chi connectivity index (χ0) is 25.8. The predicted molar refractivity (Wildman–Crippen MR) is 126 cm³/mol. The molecule has 35 heavy (non-hydrogen) atoms. The topological polar surface area (TPSA) is 163 Å². The summed E-state index contributed by atoms with van der Waals surface area (Å²) < 4.78 is 31.8. The van der Waals surface area contributed by atoms with Gasteiger partial charge in [-0.3, -0.25) is 14.4 Å². The van der Waals surface area contributed by atoms with Crippen molar-refractivity contribution in [3.05, 3.63) is 0 Å². The van der Waals surface area contributed by atoms with Crippen molar-refractivity contribution in [2.45, 2.75) is 19.8 Å². The molecule has 0 fully saturated rings. The molecule has 0 aromatic carbocycles. The highest BCUT2D eigenvalue weighted by atomic mass is 16.6. The molecule has 3 amide bonds. The number of aliphatic hydroxyl groups excluding tert-OH is 1. The maximum atomic E-state index is 11.6. The minimum atomic E-state index is -0.524. The summed E-state index contributed by atoms with van der Waals surface area (Å²) in [6, 6.07) is 0. The Balaban J connectivity index is 3.20. The summed E-state index contributed by atoms with van der Waals surface area (Å²) in [7, 11) is 0. The Hall–Kier alpha value is -1.87. The molecule has 0 heterocycles. The Kier molecular flexibility index (Phi) is 25.3. The molecule has 0 aliphatic carbocycles.